The molecule has 1 unspecified atom stereocenters. The van der Waals surface area contributed by atoms with E-state index in [2.05, 4.69) is 7.05 Å². The summed E-state index contributed by atoms with van der Waals surface area (Å²) in [5.41, 5.74) is 1.23. The van der Waals surface area contributed by atoms with Crippen molar-refractivity contribution in [3.05, 3.63) is 58.4 Å². The van der Waals surface area contributed by atoms with E-state index in [-0.39, 0.29) is 5.56 Å². The van der Waals surface area contributed by atoms with Crippen LogP contribution in [-0.4, -0.2) is 24.7 Å². The van der Waals surface area contributed by atoms with E-state index in [9.17, 15) is 4.79 Å². The van der Waals surface area contributed by atoms with Crippen LogP contribution < -0.4 is 19.9 Å². The molecule has 5 nitrogen and oxygen atoms in total. The molecule has 1 aromatic heterocycles. The third kappa shape index (κ3) is 3.86. The number of hydrogen-bond donors (Lipinski definition) is 1. The third-order valence-electron chi connectivity index (χ3n) is 4.00. The Balaban J connectivity index is 1.74. The number of methoxy groups -OCH3 is 1. The minimum Gasteiger partial charge on any atom is -0.493 e. The van der Waals surface area contributed by atoms with E-state index >= 15 is 0 Å². The van der Waals surface area contributed by atoms with Gasteiger partial charge in [-0.25, -0.2) is 3.96 Å². The fourth-order valence-corrected chi connectivity index (χ4v) is 3.96. The monoisotopic (exact) mass is 359 g/mol. The average molecular weight is 359 g/mol. The topological polar surface area (TPSA) is 44.9 Å². The fourth-order valence-electron chi connectivity index (χ4n) is 2.87. The van der Waals surface area contributed by atoms with Gasteiger partial charge in [-0.05, 0) is 37.3 Å². The van der Waals surface area contributed by atoms with Crippen LogP contribution in [0.25, 0.3) is 10.1 Å². The first-order valence-corrected chi connectivity index (χ1v) is 9.09. The predicted octanol–water partition coefficient (Wildman–Crippen LogP) is 2.14. The van der Waals surface area contributed by atoms with Crippen LogP contribution in [0.5, 0.6) is 11.5 Å². The normalized spacial score (nSPS) is 12.3. The number of nitrogens with one attached hydrogen (secondary N) is 1. The number of ether oxygens (including phenoxy) is 2. The van der Waals surface area contributed by atoms with E-state index < -0.39 is 0 Å². The molecule has 0 saturated heterocycles. The van der Waals surface area contributed by atoms with Crippen molar-refractivity contribution in [3.63, 3.8) is 0 Å². The van der Waals surface area contributed by atoms with Crippen LogP contribution in [0, 0.1) is 0 Å². The minimum absolute atomic E-state index is 0.0872. The maximum Gasteiger partial charge on any atom is 0.273 e. The van der Waals surface area contributed by atoms with Crippen molar-refractivity contribution in [2.45, 2.75) is 20.1 Å². The zero-order valence-electron chi connectivity index (χ0n) is 14.7. The number of hydrogen-bond acceptors (Lipinski definition) is 4. The van der Waals surface area contributed by atoms with E-state index in [1.807, 2.05) is 53.3 Å². The van der Waals surface area contributed by atoms with Crippen molar-refractivity contribution in [1.82, 2.24) is 3.96 Å². The highest BCUT2D eigenvalue weighted by molar-refractivity contribution is 7.13. The van der Waals surface area contributed by atoms with Crippen molar-refractivity contribution in [2.24, 2.45) is 0 Å². The second-order valence-electron chi connectivity index (χ2n) is 5.98. The molecule has 6 heteroatoms. The molecule has 132 valence electrons. The first-order chi connectivity index (χ1) is 12.1. The summed E-state index contributed by atoms with van der Waals surface area (Å²) in [4.78, 5) is 13.7. The molecule has 2 aromatic carbocycles. The number of aromatic nitrogens is 1. The quantitative estimate of drug-likeness (QED) is 0.703. The zero-order chi connectivity index (χ0) is 17.8. The van der Waals surface area contributed by atoms with Crippen LogP contribution in [0.1, 0.15) is 12.5 Å². The smallest absolute Gasteiger partial charge is 0.273 e. The Kier molecular flexibility index (Phi) is 5.40. The van der Waals surface area contributed by atoms with Gasteiger partial charge >= 0.3 is 0 Å². The Morgan fingerprint density at radius 2 is 1.96 bits per heavy atom. The van der Waals surface area contributed by atoms with E-state index in [4.69, 9.17) is 9.47 Å². The van der Waals surface area contributed by atoms with Gasteiger partial charge in [0, 0.05) is 5.56 Å². The lowest BCUT2D eigenvalue weighted by Crippen LogP contribution is -3.07. The Labute approximate surface area is 151 Å². The van der Waals surface area contributed by atoms with Gasteiger partial charge in [0.15, 0.2) is 18.2 Å². The van der Waals surface area contributed by atoms with Crippen LogP contribution in [0.15, 0.2) is 47.3 Å². The lowest BCUT2D eigenvalue weighted by atomic mass is 10.2. The molecule has 1 atom stereocenters. The van der Waals surface area contributed by atoms with Crippen LogP contribution in [0.2, 0.25) is 0 Å². The number of nitrogens with zero attached hydrogens (tertiary/aromatic N) is 1. The summed E-state index contributed by atoms with van der Waals surface area (Å²) in [5.74, 6) is 1.50. The Morgan fingerprint density at radius 1 is 1.16 bits per heavy atom. The zero-order valence-corrected chi connectivity index (χ0v) is 15.6. The highest BCUT2D eigenvalue weighted by Gasteiger charge is 2.13. The molecule has 0 radical (unpaired) electrons. The molecule has 1 heterocycles. The first-order valence-electron chi connectivity index (χ1n) is 8.32. The Bertz CT molecular complexity index is 916. The first kappa shape index (κ1) is 17.5. The van der Waals surface area contributed by atoms with Crippen LogP contribution >= 0.6 is 11.5 Å². The molecular formula is C19H23N2O3S+. The number of benzene rings is 2. The van der Waals surface area contributed by atoms with Gasteiger partial charge in [-0.1, -0.05) is 23.7 Å². The van der Waals surface area contributed by atoms with Crippen molar-refractivity contribution >= 4 is 21.6 Å². The van der Waals surface area contributed by atoms with Gasteiger partial charge in [-0.3, -0.25) is 4.79 Å². The summed E-state index contributed by atoms with van der Waals surface area (Å²) in [7, 11) is 3.73. The second kappa shape index (κ2) is 7.72. The maximum absolute atomic E-state index is 12.5. The van der Waals surface area contributed by atoms with Crippen LogP contribution in [0.4, 0.5) is 0 Å². The second-order valence-corrected chi connectivity index (χ2v) is 7.04. The molecule has 0 bridgehead atoms. The lowest BCUT2D eigenvalue weighted by Gasteiger charge is -2.15. The molecule has 0 aliphatic carbocycles. The van der Waals surface area contributed by atoms with Crippen LogP contribution in [0.3, 0.4) is 0 Å². The Morgan fingerprint density at radius 3 is 2.68 bits per heavy atom. The molecule has 0 saturated carbocycles. The largest absolute Gasteiger partial charge is 0.493 e. The number of rotatable bonds is 7. The van der Waals surface area contributed by atoms with Gasteiger partial charge in [-0.2, -0.15) is 0 Å². The summed E-state index contributed by atoms with van der Waals surface area (Å²) in [6.07, 6.45) is 0. The number of quaternary nitrogens is 1. The summed E-state index contributed by atoms with van der Waals surface area (Å²) < 4.78 is 13.8. The van der Waals surface area contributed by atoms with Gasteiger partial charge in [0.2, 0.25) is 0 Å². The molecule has 1 N–H and O–H groups in total. The molecule has 3 rings (SSSR count). The maximum atomic E-state index is 12.5. The third-order valence-corrected chi connectivity index (χ3v) is 5.07. The lowest BCUT2D eigenvalue weighted by molar-refractivity contribution is -0.916. The SMILES string of the molecule is CCOc1ccc(C[NH+](C)Cn2sc3ccccc3c2=O)cc1OC. The molecule has 25 heavy (non-hydrogen) atoms. The van der Waals surface area contributed by atoms with Gasteiger partial charge < -0.3 is 14.4 Å². The van der Waals surface area contributed by atoms with Crippen molar-refractivity contribution in [2.75, 3.05) is 20.8 Å². The molecule has 0 spiro atoms. The highest BCUT2D eigenvalue weighted by atomic mass is 32.1. The minimum atomic E-state index is 0.0872. The van der Waals surface area contributed by atoms with Crippen molar-refractivity contribution < 1.29 is 14.4 Å². The van der Waals surface area contributed by atoms with E-state index in [0.717, 1.165) is 33.7 Å². The molecule has 0 fully saturated rings. The van der Waals surface area contributed by atoms with E-state index in [1.54, 1.807) is 7.11 Å². The molecular weight excluding hydrogens is 336 g/mol. The summed E-state index contributed by atoms with van der Waals surface area (Å²) in [5, 5.41) is 0.794. The Hall–Kier alpha value is -2.31. The van der Waals surface area contributed by atoms with E-state index in [0.29, 0.717) is 13.3 Å². The fraction of sp³-hybridized carbons (Fsp3) is 0.316. The van der Waals surface area contributed by atoms with Crippen LogP contribution in [-0.2, 0) is 13.2 Å². The predicted molar refractivity (Wildman–Crippen MR) is 101 cm³/mol. The summed E-state index contributed by atoms with van der Waals surface area (Å²) in [6.45, 7) is 3.99. The van der Waals surface area contributed by atoms with Crippen molar-refractivity contribution in [3.8, 4) is 11.5 Å². The molecule has 3 aromatic rings. The van der Waals surface area contributed by atoms with Gasteiger partial charge in [0.1, 0.15) is 6.54 Å². The standard InChI is InChI=1S/C19H22N2O3S/c1-4-24-16-10-9-14(11-17(16)23-3)12-20(2)13-21-19(22)15-7-5-6-8-18(15)25-21/h5-11H,4,12-13H2,1-3H3/p+1. The van der Waals surface area contributed by atoms with Gasteiger partial charge in [-0.15, -0.1) is 0 Å². The highest BCUT2D eigenvalue weighted by Crippen LogP contribution is 2.27. The molecule has 0 aliphatic heterocycles. The average Bonchev–Trinajstić information content (AvgIpc) is 2.92. The number of fused-ring (bicyclic) bond motifs is 1. The van der Waals surface area contributed by atoms with Gasteiger partial charge in [0.05, 0.1) is 30.9 Å². The van der Waals surface area contributed by atoms with Crippen molar-refractivity contribution in [1.29, 1.82) is 0 Å². The summed E-state index contributed by atoms with van der Waals surface area (Å²) in [6, 6.07) is 13.7. The molecule has 0 aliphatic rings. The van der Waals surface area contributed by atoms with E-state index in [1.165, 1.54) is 16.4 Å². The summed E-state index contributed by atoms with van der Waals surface area (Å²) >= 11 is 1.52. The molecule has 0 amide bonds. The van der Waals surface area contributed by atoms with Gasteiger partial charge in [0.25, 0.3) is 5.56 Å².